The summed E-state index contributed by atoms with van der Waals surface area (Å²) in [5, 5.41) is 0. The maximum atomic E-state index is 5.38. The van der Waals surface area contributed by atoms with Crippen molar-refractivity contribution in [1.82, 2.24) is 0 Å². The van der Waals surface area contributed by atoms with Gasteiger partial charge >= 0.3 is 8.80 Å². The van der Waals surface area contributed by atoms with E-state index >= 15 is 0 Å². The molecule has 0 fully saturated rings. The van der Waals surface area contributed by atoms with E-state index in [1.807, 2.05) is 12.1 Å². The fourth-order valence-electron chi connectivity index (χ4n) is 1.63. The maximum absolute atomic E-state index is 5.38. The van der Waals surface area contributed by atoms with Gasteiger partial charge in [-0.2, -0.15) is 0 Å². The fraction of sp³-hybridized carbons (Fsp3) is 0.545. The number of pyridine rings is 1. The van der Waals surface area contributed by atoms with Crippen LogP contribution in [0.5, 0.6) is 0 Å². The van der Waals surface area contributed by atoms with Gasteiger partial charge in [-0.1, -0.05) is 6.07 Å². The molecule has 0 amide bonds. The van der Waals surface area contributed by atoms with E-state index in [0.29, 0.717) is 0 Å². The molecular formula is C11H20ClNO3Si. The first-order valence-corrected chi connectivity index (χ1v) is 7.21. The van der Waals surface area contributed by atoms with Crippen LogP contribution >= 0.6 is 0 Å². The molecule has 0 unspecified atom stereocenters. The third kappa shape index (κ3) is 4.37. The van der Waals surface area contributed by atoms with Crippen LogP contribution in [0.1, 0.15) is 5.69 Å². The molecule has 0 saturated heterocycles. The first-order valence-electron chi connectivity index (χ1n) is 5.28. The Bertz CT molecular complexity index is 326. The Kier molecular flexibility index (Phi) is 7.57. The van der Waals surface area contributed by atoms with Gasteiger partial charge in [-0.05, 0) is 0 Å². The Hall–Kier alpha value is -0.463. The second-order valence-corrected chi connectivity index (χ2v) is 6.67. The zero-order chi connectivity index (χ0) is 12.0. The molecule has 0 radical (unpaired) electrons. The summed E-state index contributed by atoms with van der Waals surface area (Å²) in [6.45, 7) is 2.92. The van der Waals surface area contributed by atoms with Gasteiger partial charge in [0.15, 0.2) is 18.4 Å². The summed E-state index contributed by atoms with van der Waals surface area (Å²) in [6, 6.07) is 6.89. The van der Waals surface area contributed by atoms with E-state index in [1.165, 1.54) is 5.69 Å². The van der Waals surface area contributed by atoms with Crippen molar-refractivity contribution in [3.05, 3.63) is 30.1 Å². The highest BCUT2D eigenvalue weighted by atomic mass is 35.5. The summed E-state index contributed by atoms with van der Waals surface area (Å²) in [5.41, 5.74) is 1.22. The first-order chi connectivity index (χ1) is 7.67. The number of nitrogens with zero attached hydrogens (tertiary/aromatic N) is 1. The van der Waals surface area contributed by atoms with E-state index < -0.39 is 8.80 Å². The Balaban J connectivity index is 0.00000256. The third-order valence-electron chi connectivity index (χ3n) is 2.76. The molecule has 1 aromatic heterocycles. The van der Waals surface area contributed by atoms with Crippen molar-refractivity contribution >= 4 is 8.80 Å². The molecule has 0 aliphatic rings. The van der Waals surface area contributed by atoms with Gasteiger partial charge in [0.25, 0.3) is 0 Å². The minimum absolute atomic E-state index is 0. The van der Waals surface area contributed by atoms with Crippen molar-refractivity contribution in [1.29, 1.82) is 0 Å². The van der Waals surface area contributed by atoms with E-state index in [1.54, 1.807) is 21.3 Å². The van der Waals surface area contributed by atoms with Crippen LogP contribution in [0.3, 0.4) is 0 Å². The standard InChI is InChI=1S/C11H20NO3Si.ClH/c1-11-7-5-6-8-12(11)9-10-16(13-2,14-3)15-4;/h5-8H,9-10H2,1-4H3;1H/q+1;/p-1. The Labute approximate surface area is 110 Å². The quantitative estimate of drug-likeness (QED) is 0.453. The minimum atomic E-state index is -2.44. The maximum Gasteiger partial charge on any atom is 0.506 e. The van der Waals surface area contributed by atoms with E-state index in [9.17, 15) is 0 Å². The second kappa shape index (κ2) is 7.78. The van der Waals surface area contributed by atoms with Gasteiger partial charge in [0.05, 0.1) is 6.04 Å². The highest BCUT2D eigenvalue weighted by molar-refractivity contribution is 6.60. The SMILES string of the molecule is CO[Si](CC[n+]1ccccc1C)(OC)OC.[Cl-]. The predicted octanol–water partition coefficient (Wildman–Crippen LogP) is -1.84. The lowest BCUT2D eigenvalue weighted by Gasteiger charge is -2.22. The summed E-state index contributed by atoms with van der Waals surface area (Å²) in [6.07, 6.45) is 2.05. The number of halogens is 1. The minimum Gasteiger partial charge on any atom is -1.00 e. The van der Waals surface area contributed by atoms with Crippen molar-refractivity contribution in [3.63, 3.8) is 0 Å². The Morgan fingerprint density at radius 1 is 1.12 bits per heavy atom. The molecule has 0 bridgehead atoms. The summed E-state index contributed by atoms with van der Waals surface area (Å²) in [4.78, 5) is 0. The second-order valence-electron chi connectivity index (χ2n) is 3.58. The van der Waals surface area contributed by atoms with Crippen LogP contribution in [0.15, 0.2) is 24.4 Å². The summed E-state index contributed by atoms with van der Waals surface area (Å²) < 4.78 is 18.3. The lowest BCUT2D eigenvalue weighted by molar-refractivity contribution is -0.699. The number of aryl methyl sites for hydroxylation is 2. The van der Waals surface area contributed by atoms with Crippen molar-refractivity contribution in [2.45, 2.75) is 19.5 Å². The van der Waals surface area contributed by atoms with Crippen LogP contribution in [0, 0.1) is 6.92 Å². The van der Waals surface area contributed by atoms with Crippen molar-refractivity contribution in [2.24, 2.45) is 0 Å². The summed E-state index contributed by atoms with van der Waals surface area (Å²) in [5.74, 6) is 0. The number of hydrogen-bond acceptors (Lipinski definition) is 3. The molecule has 1 heterocycles. The van der Waals surface area contributed by atoms with Gasteiger partial charge < -0.3 is 25.7 Å². The topological polar surface area (TPSA) is 31.6 Å². The van der Waals surface area contributed by atoms with Crippen LogP contribution in [0.4, 0.5) is 0 Å². The summed E-state index contributed by atoms with van der Waals surface area (Å²) >= 11 is 0. The van der Waals surface area contributed by atoms with Gasteiger partial charge in [-0.25, -0.2) is 4.57 Å². The van der Waals surface area contributed by atoms with Gasteiger partial charge in [0.2, 0.25) is 0 Å². The molecule has 17 heavy (non-hydrogen) atoms. The zero-order valence-electron chi connectivity index (χ0n) is 10.8. The smallest absolute Gasteiger partial charge is 0.506 e. The number of aromatic nitrogens is 1. The lowest BCUT2D eigenvalue weighted by atomic mass is 10.3. The van der Waals surface area contributed by atoms with E-state index in [0.717, 1.165) is 12.6 Å². The van der Waals surface area contributed by atoms with E-state index in [2.05, 4.69) is 23.8 Å². The summed E-state index contributed by atoms with van der Waals surface area (Å²) in [7, 11) is 2.48. The first kappa shape index (κ1) is 16.5. The molecular weight excluding hydrogens is 258 g/mol. The molecule has 4 nitrogen and oxygen atoms in total. The van der Waals surface area contributed by atoms with Crippen LogP contribution in [-0.4, -0.2) is 30.1 Å². The van der Waals surface area contributed by atoms with Crippen molar-refractivity contribution in [3.8, 4) is 0 Å². The molecule has 98 valence electrons. The van der Waals surface area contributed by atoms with Crippen LogP contribution in [-0.2, 0) is 19.8 Å². The number of rotatable bonds is 6. The molecule has 1 aromatic rings. The molecule has 0 N–H and O–H groups in total. The average molecular weight is 278 g/mol. The molecule has 1 rings (SSSR count). The molecule has 6 heteroatoms. The van der Waals surface area contributed by atoms with Gasteiger partial charge in [-0.15, -0.1) is 0 Å². The Morgan fingerprint density at radius 2 is 1.71 bits per heavy atom. The highest BCUT2D eigenvalue weighted by Crippen LogP contribution is 2.12. The normalized spacial score (nSPS) is 11.1. The number of hydrogen-bond donors (Lipinski definition) is 0. The zero-order valence-corrected chi connectivity index (χ0v) is 12.5. The molecule has 0 spiro atoms. The molecule has 0 saturated carbocycles. The van der Waals surface area contributed by atoms with Crippen LogP contribution in [0.2, 0.25) is 6.04 Å². The van der Waals surface area contributed by atoms with Gasteiger partial charge in [0.1, 0.15) is 0 Å². The molecule has 0 aliphatic carbocycles. The largest absolute Gasteiger partial charge is 1.00 e. The van der Waals surface area contributed by atoms with E-state index in [-0.39, 0.29) is 12.4 Å². The molecule has 0 aromatic carbocycles. The Morgan fingerprint density at radius 3 is 2.18 bits per heavy atom. The molecule has 0 atom stereocenters. The van der Waals surface area contributed by atoms with Crippen LogP contribution < -0.4 is 17.0 Å². The van der Waals surface area contributed by atoms with Gasteiger partial charge in [0, 0.05) is 40.4 Å². The fourth-order valence-corrected chi connectivity index (χ4v) is 3.25. The van der Waals surface area contributed by atoms with Crippen LogP contribution in [0.25, 0.3) is 0 Å². The van der Waals surface area contributed by atoms with Crippen molar-refractivity contribution < 1.29 is 30.3 Å². The monoisotopic (exact) mass is 277 g/mol. The highest BCUT2D eigenvalue weighted by Gasteiger charge is 2.39. The average Bonchev–Trinajstić information content (AvgIpc) is 2.34. The van der Waals surface area contributed by atoms with E-state index in [4.69, 9.17) is 13.3 Å². The lowest BCUT2D eigenvalue weighted by Crippen LogP contribution is -3.00. The predicted molar refractivity (Wildman–Crippen MR) is 63.0 cm³/mol. The van der Waals surface area contributed by atoms with Gasteiger partial charge in [-0.3, -0.25) is 0 Å². The third-order valence-corrected chi connectivity index (χ3v) is 5.46. The van der Waals surface area contributed by atoms with Crippen molar-refractivity contribution in [2.75, 3.05) is 21.3 Å². The molecule has 0 aliphatic heterocycles.